The Kier molecular flexibility index (Phi) is 4.53. The first-order valence-electron chi connectivity index (χ1n) is 4.54. The van der Waals surface area contributed by atoms with E-state index in [4.69, 9.17) is 12.3 Å². The SMILES string of the molecule is C#CCC(NN)c1snnc1CCC. The number of hydrogen-bond acceptors (Lipinski definition) is 5. The Morgan fingerprint density at radius 1 is 1.71 bits per heavy atom. The lowest BCUT2D eigenvalue weighted by atomic mass is 10.1. The highest BCUT2D eigenvalue weighted by molar-refractivity contribution is 7.05. The molecule has 4 nitrogen and oxygen atoms in total. The number of nitrogens with zero attached hydrogens (tertiary/aromatic N) is 2. The van der Waals surface area contributed by atoms with E-state index < -0.39 is 0 Å². The highest BCUT2D eigenvalue weighted by Gasteiger charge is 2.16. The van der Waals surface area contributed by atoms with Gasteiger partial charge in [-0.25, -0.2) is 0 Å². The molecule has 1 aromatic heterocycles. The molecule has 0 bridgehead atoms. The van der Waals surface area contributed by atoms with Crippen LogP contribution < -0.4 is 11.3 Å². The van der Waals surface area contributed by atoms with E-state index in [0.717, 1.165) is 23.4 Å². The van der Waals surface area contributed by atoms with Crippen LogP contribution in [0.3, 0.4) is 0 Å². The average Bonchev–Trinajstić information content (AvgIpc) is 2.63. The van der Waals surface area contributed by atoms with E-state index in [1.165, 1.54) is 11.5 Å². The first-order valence-corrected chi connectivity index (χ1v) is 5.31. The lowest BCUT2D eigenvalue weighted by Crippen LogP contribution is -2.27. The van der Waals surface area contributed by atoms with Gasteiger partial charge in [-0.3, -0.25) is 11.3 Å². The van der Waals surface area contributed by atoms with Crippen molar-refractivity contribution >= 4 is 11.5 Å². The molecule has 0 aliphatic carbocycles. The Hall–Kier alpha value is -0.960. The maximum Gasteiger partial charge on any atom is 0.0804 e. The lowest BCUT2D eigenvalue weighted by Gasteiger charge is -2.10. The summed E-state index contributed by atoms with van der Waals surface area (Å²) in [6.07, 6.45) is 7.79. The predicted octanol–water partition coefficient (Wildman–Crippen LogP) is 1.02. The van der Waals surface area contributed by atoms with Crippen molar-refractivity contribution in [1.82, 2.24) is 15.0 Å². The summed E-state index contributed by atoms with van der Waals surface area (Å²) in [6, 6.07) is -0.0125. The van der Waals surface area contributed by atoms with Crippen LogP contribution in [0.2, 0.25) is 0 Å². The summed E-state index contributed by atoms with van der Waals surface area (Å²) >= 11 is 1.36. The topological polar surface area (TPSA) is 63.8 Å². The third-order valence-corrected chi connectivity index (χ3v) is 2.79. The Bertz CT molecular complexity index is 315. The van der Waals surface area contributed by atoms with Crippen molar-refractivity contribution in [2.24, 2.45) is 5.84 Å². The van der Waals surface area contributed by atoms with Crippen molar-refractivity contribution in [1.29, 1.82) is 0 Å². The standard InChI is InChI=1S/C9H14N4S/c1-3-5-7(11-10)9-8(6-4-2)12-13-14-9/h1,7,11H,4-6,10H2,2H3. The quantitative estimate of drug-likeness (QED) is 0.432. The second-order valence-corrected chi connectivity index (χ2v) is 3.75. The van der Waals surface area contributed by atoms with Crippen LogP contribution in [0.25, 0.3) is 0 Å². The molecule has 3 N–H and O–H groups in total. The maximum absolute atomic E-state index is 5.42. The van der Waals surface area contributed by atoms with Gasteiger partial charge in [0.05, 0.1) is 16.6 Å². The molecule has 0 aromatic carbocycles. The molecule has 0 saturated carbocycles. The van der Waals surface area contributed by atoms with Gasteiger partial charge in [0.25, 0.3) is 0 Å². The highest BCUT2D eigenvalue weighted by atomic mass is 32.1. The molecule has 0 aliphatic rings. The summed E-state index contributed by atoms with van der Waals surface area (Å²) in [4.78, 5) is 1.06. The van der Waals surface area contributed by atoms with Gasteiger partial charge in [-0.1, -0.05) is 17.8 Å². The van der Waals surface area contributed by atoms with E-state index in [1.807, 2.05) is 0 Å². The fraction of sp³-hybridized carbons (Fsp3) is 0.556. The molecule has 1 aromatic rings. The molecular weight excluding hydrogens is 196 g/mol. The molecule has 1 heterocycles. The third kappa shape index (κ3) is 2.51. The predicted molar refractivity (Wildman–Crippen MR) is 57.4 cm³/mol. The van der Waals surface area contributed by atoms with Crippen molar-refractivity contribution in [2.75, 3.05) is 0 Å². The molecule has 76 valence electrons. The molecule has 0 amide bonds. The van der Waals surface area contributed by atoms with Crippen molar-refractivity contribution in [3.8, 4) is 12.3 Å². The minimum absolute atomic E-state index is 0.0125. The van der Waals surface area contributed by atoms with Gasteiger partial charge in [-0.15, -0.1) is 17.4 Å². The smallest absolute Gasteiger partial charge is 0.0804 e. The van der Waals surface area contributed by atoms with Gasteiger partial charge >= 0.3 is 0 Å². The summed E-state index contributed by atoms with van der Waals surface area (Å²) in [5.41, 5.74) is 3.70. The number of hydrogen-bond donors (Lipinski definition) is 2. The van der Waals surface area contributed by atoms with E-state index in [-0.39, 0.29) is 6.04 Å². The Labute approximate surface area is 88.0 Å². The van der Waals surface area contributed by atoms with Crippen LogP contribution in [0.4, 0.5) is 0 Å². The average molecular weight is 210 g/mol. The van der Waals surface area contributed by atoms with Crippen LogP contribution >= 0.6 is 11.5 Å². The van der Waals surface area contributed by atoms with Crippen LogP contribution in [0.1, 0.15) is 36.4 Å². The molecule has 1 rings (SSSR count). The fourth-order valence-corrected chi connectivity index (χ4v) is 1.99. The van der Waals surface area contributed by atoms with Gasteiger partial charge in [0.1, 0.15) is 0 Å². The molecule has 0 fully saturated rings. The Morgan fingerprint density at radius 2 is 2.50 bits per heavy atom. The van der Waals surface area contributed by atoms with Gasteiger partial charge in [-0.05, 0) is 18.0 Å². The monoisotopic (exact) mass is 210 g/mol. The van der Waals surface area contributed by atoms with E-state index in [9.17, 15) is 0 Å². The molecular formula is C9H14N4S. The molecule has 0 aliphatic heterocycles. The first-order chi connectivity index (χ1) is 6.83. The molecule has 1 unspecified atom stereocenters. The first kappa shape index (κ1) is 11.1. The summed E-state index contributed by atoms with van der Waals surface area (Å²) < 4.78 is 3.92. The second kappa shape index (κ2) is 5.70. The number of nitrogens with two attached hydrogens (primary N) is 1. The minimum atomic E-state index is -0.0125. The summed E-state index contributed by atoms with van der Waals surface area (Å²) in [6.45, 7) is 2.11. The Morgan fingerprint density at radius 3 is 3.07 bits per heavy atom. The fourth-order valence-electron chi connectivity index (χ4n) is 1.24. The highest BCUT2D eigenvalue weighted by Crippen LogP contribution is 2.23. The van der Waals surface area contributed by atoms with Gasteiger partial charge in [0, 0.05) is 6.42 Å². The molecule has 0 radical (unpaired) electrons. The van der Waals surface area contributed by atoms with Crippen LogP contribution in [0.5, 0.6) is 0 Å². The number of rotatable bonds is 5. The zero-order valence-electron chi connectivity index (χ0n) is 8.16. The lowest BCUT2D eigenvalue weighted by molar-refractivity contribution is 0.570. The number of nitrogens with one attached hydrogen (secondary N) is 1. The van der Waals surface area contributed by atoms with Crippen molar-refractivity contribution in [3.05, 3.63) is 10.6 Å². The number of aromatic nitrogens is 2. The van der Waals surface area contributed by atoms with Crippen LogP contribution in [0.15, 0.2) is 0 Å². The van der Waals surface area contributed by atoms with Gasteiger partial charge in [0.2, 0.25) is 0 Å². The van der Waals surface area contributed by atoms with Crippen LogP contribution in [-0.2, 0) is 6.42 Å². The van der Waals surface area contributed by atoms with Crippen molar-refractivity contribution < 1.29 is 0 Å². The number of hydrazine groups is 1. The molecule has 14 heavy (non-hydrogen) atoms. The molecule has 1 atom stereocenters. The van der Waals surface area contributed by atoms with Crippen LogP contribution in [0, 0.1) is 12.3 Å². The van der Waals surface area contributed by atoms with Crippen LogP contribution in [-0.4, -0.2) is 9.59 Å². The van der Waals surface area contributed by atoms with E-state index >= 15 is 0 Å². The summed E-state index contributed by atoms with van der Waals surface area (Å²) in [5.74, 6) is 8.01. The number of terminal acetylenes is 1. The molecule has 0 spiro atoms. The van der Waals surface area contributed by atoms with E-state index in [0.29, 0.717) is 6.42 Å². The summed E-state index contributed by atoms with van der Waals surface area (Å²) in [7, 11) is 0. The minimum Gasteiger partial charge on any atom is -0.271 e. The van der Waals surface area contributed by atoms with Gasteiger partial charge < -0.3 is 0 Å². The summed E-state index contributed by atoms with van der Waals surface area (Å²) in [5, 5.41) is 4.06. The molecule has 5 heteroatoms. The second-order valence-electron chi connectivity index (χ2n) is 2.96. The van der Waals surface area contributed by atoms with E-state index in [2.05, 4.69) is 27.9 Å². The zero-order valence-corrected chi connectivity index (χ0v) is 8.97. The number of aryl methyl sites for hydroxylation is 1. The largest absolute Gasteiger partial charge is 0.271 e. The van der Waals surface area contributed by atoms with Gasteiger partial charge in [0.15, 0.2) is 0 Å². The Balaban J connectivity index is 2.81. The van der Waals surface area contributed by atoms with Crippen molar-refractivity contribution in [2.45, 2.75) is 32.2 Å². The van der Waals surface area contributed by atoms with Crippen molar-refractivity contribution in [3.63, 3.8) is 0 Å². The normalized spacial score (nSPS) is 12.4. The maximum atomic E-state index is 5.42. The van der Waals surface area contributed by atoms with Gasteiger partial charge in [-0.2, -0.15) is 0 Å². The third-order valence-electron chi connectivity index (χ3n) is 1.91. The molecule has 0 saturated heterocycles. The van der Waals surface area contributed by atoms with E-state index in [1.54, 1.807) is 0 Å². The zero-order chi connectivity index (χ0) is 10.4.